The molecule has 2 aromatic rings. The van der Waals surface area contributed by atoms with Crippen LogP contribution in [0.4, 0.5) is 0 Å². The average Bonchev–Trinajstić information content (AvgIpc) is 2.95. The van der Waals surface area contributed by atoms with Gasteiger partial charge in [0.2, 0.25) is 0 Å². The maximum Gasteiger partial charge on any atom is 0.101 e. The Morgan fingerprint density at radius 1 is 1.12 bits per heavy atom. The van der Waals surface area contributed by atoms with Gasteiger partial charge in [0, 0.05) is 5.56 Å². The van der Waals surface area contributed by atoms with Crippen molar-refractivity contribution in [3.8, 4) is 0 Å². The molecule has 0 fully saturated rings. The van der Waals surface area contributed by atoms with Crippen molar-refractivity contribution in [3.05, 3.63) is 58.5 Å². The van der Waals surface area contributed by atoms with E-state index in [-0.39, 0.29) is 5.38 Å². The number of hydrogen-bond donors (Lipinski definition) is 0. The van der Waals surface area contributed by atoms with Crippen molar-refractivity contribution in [3.63, 3.8) is 0 Å². The van der Waals surface area contributed by atoms with Crippen LogP contribution in [0.1, 0.15) is 39.8 Å². The van der Waals surface area contributed by atoms with Gasteiger partial charge in [0.05, 0.1) is 11.6 Å². The lowest BCUT2D eigenvalue weighted by Crippen LogP contribution is -1.93. The molecule has 0 aliphatic heterocycles. The number of rotatable bonds is 2. The van der Waals surface area contributed by atoms with E-state index in [0.29, 0.717) is 0 Å². The van der Waals surface area contributed by atoms with Crippen molar-refractivity contribution in [1.82, 2.24) is 0 Å². The number of alkyl halides is 1. The first kappa shape index (κ1) is 10.9. The number of hydrogen-bond acceptors (Lipinski definition) is 1. The van der Waals surface area contributed by atoms with Crippen LogP contribution in [0.2, 0.25) is 0 Å². The van der Waals surface area contributed by atoms with Crippen molar-refractivity contribution in [2.24, 2.45) is 0 Å². The molecule has 1 atom stereocenters. The minimum Gasteiger partial charge on any atom is -0.469 e. The molecule has 1 unspecified atom stereocenters. The number of aryl methyl sites for hydroxylation is 3. The van der Waals surface area contributed by atoms with Crippen LogP contribution in [-0.4, -0.2) is 0 Å². The first-order chi connectivity index (χ1) is 8.24. The van der Waals surface area contributed by atoms with E-state index in [1.54, 1.807) is 6.26 Å². The second kappa shape index (κ2) is 4.23. The summed E-state index contributed by atoms with van der Waals surface area (Å²) in [5.74, 6) is 0.909. The van der Waals surface area contributed by atoms with Gasteiger partial charge in [-0.1, -0.05) is 18.2 Å². The molecule has 0 saturated carbocycles. The predicted octanol–water partition coefficient (Wildman–Crippen LogP) is 4.40. The maximum absolute atomic E-state index is 6.49. The Kier molecular flexibility index (Phi) is 2.71. The fourth-order valence-electron chi connectivity index (χ4n) is 2.54. The summed E-state index contributed by atoms with van der Waals surface area (Å²) in [5, 5.41) is -0.0988. The van der Waals surface area contributed by atoms with Gasteiger partial charge in [0.1, 0.15) is 5.76 Å². The number of benzene rings is 1. The second-order valence-corrected chi connectivity index (χ2v) is 5.17. The molecule has 0 amide bonds. The number of fused-ring (bicyclic) bond motifs is 1. The summed E-state index contributed by atoms with van der Waals surface area (Å²) in [6, 6.07) is 8.62. The highest BCUT2D eigenvalue weighted by molar-refractivity contribution is 6.22. The minimum absolute atomic E-state index is 0.0988. The maximum atomic E-state index is 6.49. The fraction of sp³-hybridized carbons (Fsp3) is 0.333. The Labute approximate surface area is 106 Å². The lowest BCUT2D eigenvalue weighted by Gasteiger charge is -2.09. The van der Waals surface area contributed by atoms with Crippen LogP contribution in [0.5, 0.6) is 0 Å². The average molecular weight is 247 g/mol. The standard InChI is InChI=1S/C15H15ClO/c1-10-7-14(9-17-10)15(16)13-6-5-11-3-2-4-12(11)8-13/h5-9,15H,2-4H2,1H3. The lowest BCUT2D eigenvalue weighted by molar-refractivity contribution is 0.532. The molecule has 2 heteroatoms. The van der Waals surface area contributed by atoms with Crippen LogP contribution in [0, 0.1) is 6.92 Å². The monoisotopic (exact) mass is 246 g/mol. The number of furan rings is 1. The highest BCUT2D eigenvalue weighted by atomic mass is 35.5. The fourth-order valence-corrected chi connectivity index (χ4v) is 2.79. The third-order valence-electron chi connectivity index (χ3n) is 3.46. The van der Waals surface area contributed by atoms with Crippen LogP contribution < -0.4 is 0 Å². The summed E-state index contributed by atoms with van der Waals surface area (Å²) < 4.78 is 5.32. The van der Waals surface area contributed by atoms with Gasteiger partial charge >= 0.3 is 0 Å². The van der Waals surface area contributed by atoms with Crippen LogP contribution in [0.3, 0.4) is 0 Å². The van der Waals surface area contributed by atoms with Gasteiger partial charge < -0.3 is 4.42 Å². The van der Waals surface area contributed by atoms with E-state index in [1.807, 2.05) is 13.0 Å². The Morgan fingerprint density at radius 2 is 1.94 bits per heavy atom. The smallest absolute Gasteiger partial charge is 0.101 e. The zero-order valence-corrected chi connectivity index (χ0v) is 10.6. The molecule has 0 saturated heterocycles. The largest absolute Gasteiger partial charge is 0.469 e. The van der Waals surface area contributed by atoms with Crippen LogP contribution in [-0.2, 0) is 12.8 Å². The Bertz CT molecular complexity index is 542. The SMILES string of the molecule is Cc1cc(C(Cl)c2ccc3c(c2)CCC3)co1. The summed E-state index contributed by atoms with van der Waals surface area (Å²) in [6.07, 6.45) is 5.43. The summed E-state index contributed by atoms with van der Waals surface area (Å²) in [4.78, 5) is 0. The Hall–Kier alpha value is -1.21. The van der Waals surface area contributed by atoms with Gasteiger partial charge in [-0.25, -0.2) is 0 Å². The van der Waals surface area contributed by atoms with Crippen LogP contribution in [0.15, 0.2) is 34.9 Å². The third kappa shape index (κ3) is 2.00. The molecule has 1 aliphatic rings. The molecule has 0 bridgehead atoms. The summed E-state index contributed by atoms with van der Waals surface area (Å²) in [5.41, 5.74) is 5.17. The molecule has 17 heavy (non-hydrogen) atoms. The van der Waals surface area contributed by atoms with Crippen LogP contribution in [0.25, 0.3) is 0 Å². The van der Waals surface area contributed by atoms with E-state index in [1.165, 1.54) is 36.0 Å². The molecule has 0 N–H and O–H groups in total. The van der Waals surface area contributed by atoms with Gasteiger partial charge in [-0.3, -0.25) is 0 Å². The van der Waals surface area contributed by atoms with E-state index in [9.17, 15) is 0 Å². The Balaban J connectivity index is 1.94. The molecule has 1 heterocycles. The van der Waals surface area contributed by atoms with E-state index in [2.05, 4.69) is 18.2 Å². The third-order valence-corrected chi connectivity index (χ3v) is 3.96. The Morgan fingerprint density at radius 3 is 2.71 bits per heavy atom. The van der Waals surface area contributed by atoms with E-state index in [0.717, 1.165) is 11.3 Å². The van der Waals surface area contributed by atoms with Crippen molar-refractivity contribution in [1.29, 1.82) is 0 Å². The second-order valence-electron chi connectivity index (χ2n) is 4.73. The minimum atomic E-state index is -0.0988. The molecular formula is C15H15ClO. The zero-order valence-electron chi connectivity index (χ0n) is 9.87. The molecule has 0 spiro atoms. The molecule has 88 valence electrons. The van der Waals surface area contributed by atoms with Crippen molar-refractivity contribution in [2.45, 2.75) is 31.6 Å². The molecule has 1 nitrogen and oxygen atoms in total. The first-order valence-electron chi connectivity index (χ1n) is 6.05. The topological polar surface area (TPSA) is 13.1 Å². The highest BCUT2D eigenvalue weighted by Crippen LogP contribution is 2.33. The van der Waals surface area contributed by atoms with E-state index >= 15 is 0 Å². The van der Waals surface area contributed by atoms with Gasteiger partial charge in [-0.2, -0.15) is 0 Å². The van der Waals surface area contributed by atoms with Crippen molar-refractivity contribution in [2.75, 3.05) is 0 Å². The van der Waals surface area contributed by atoms with E-state index < -0.39 is 0 Å². The zero-order chi connectivity index (χ0) is 11.8. The first-order valence-corrected chi connectivity index (χ1v) is 6.48. The highest BCUT2D eigenvalue weighted by Gasteiger charge is 2.17. The normalized spacial score (nSPS) is 15.9. The molecular weight excluding hydrogens is 232 g/mol. The lowest BCUT2D eigenvalue weighted by atomic mass is 10.0. The predicted molar refractivity (Wildman–Crippen MR) is 69.6 cm³/mol. The molecule has 3 rings (SSSR count). The summed E-state index contributed by atoms with van der Waals surface area (Å²) >= 11 is 6.49. The van der Waals surface area contributed by atoms with Gasteiger partial charge in [-0.05, 0) is 48.9 Å². The van der Waals surface area contributed by atoms with Crippen molar-refractivity contribution < 1.29 is 4.42 Å². The molecule has 1 aliphatic carbocycles. The molecule has 1 aromatic carbocycles. The van der Waals surface area contributed by atoms with Gasteiger partial charge in [-0.15, -0.1) is 11.6 Å². The van der Waals surface area contributed by atoms with E-state index in [4.69, 9.17) is 16.0 Å². The van der Waals surface area contributed by atoms with Gasteiger partial charge in [0.15, 0.2) is 0 Å². The van der Waals surface area contributed by atoms with Gasteiger partial charge in [0.25, 0.3) is 0 Å². The quantitative estimate of drug-likeness (QED) is 0.716. The summed E-state index contributed by atoms with van der Waals surface area (Å²) in [6.45, 7) is 1.94. The summed E-state index contributed by atoms with van der Waals surface area (Å²) in [7, 11) is 0. The van der Waals surface area contributed by atoms with Crippen molar-refractivity contribution >= 4 is 11.6 Å². The number of halogens is 1. The molecule has 0 radical (unpaired) electrons. The van der Waals surface area contributed by atoms with Crippen LogP contribution >= 0.6 is 11.6 Å². The molecule has 1 aromatic heterocycles.